The van der Waals surface area contributed by atoms with Gasteiger partial charge in [-0.2, -0.15) is 0 Å². The Hall–Kier alpha value is -0.960. The minimum atomic E-state index is 0.630. The fourth-order valence-electron chi connectivity index (χ4n) is 2.40. The third kappa shape index (κ3) is 2.40. The zero-order valence-corrected chi connectivity index (χ0v) is 9.65. The molecule has 0 bridgehead atoms. The van der Waals surface area contributed by atoms with E-state index in [-0.39, 0.29) is 0 Å². The number of aromatic nitrogens is 2. The Morgan fingerprint density at radius 3 is 2.38 bits per heavy atom. The summed E-state index contributed by atoms with van der Waals surface area (Å²) in [6, 6.07) is 0.759. The van der Waals surface area contributed by atoms with Gasteiger partial charge in [-0.3, -0.25) is 0 Å². The second-order valence-electron chi connectivity index (χ2n) is 5.09. The third-order valence-electron chi connectivity index (χ3n) is 3.62. The average Bonchev–Trinajstić information content (AvgIpc) is 3.00. The largest absolute Gasteiger partial charge is 0.310 e. The van der Waals surface area contributed by atoms with Crippen LogP contribution in [0.5, 0.6) is 0 Å². The van der Waals surface area contributed by atoms with Crippen LogP contribution in [0, 0.1) is 0 Å². The van der Waals surface area contributed by atoms with Gasteiger partial charge < -0.3 is 5.32 Å². The van der Waals surface area contributed by atoms with Crippen molar-refractivity contribution in [2.24, 2.45) is 0 Å². The van der Waals surface area contributed by atoms with Gasteiger partial charge in [-0.15, -0.1) is 0 Å². The second-order valence-corrected chi connectivity index (χ2v) is 5.09. The highest BCUT2D eigenvalue weighted by Gasteiger charge is 2.21. The quantitative estimate of drug-likeness (QED) is 0.841. The van der Waals surface area contributed by atoms with Gasteiger partial charge in [-0.25, -0.2) is 9.97 Å². The maximum Gasteiger partial charge on any atom is 0.131 e. The van der Waals surface area contributed by atoms with Crippen molar-refractivity contribution in [2.75, 3.05) is 0 Å². The Morgan fingerprint density at radius 1 is 1.06 bits per heavy atom. The molecule has 2 saturated carbocycles. The van der Waals surface area contributed by atoms with E-state index in [9.17, 15) is 0 Å². The molecule has 0 unspecified atom stereocenters. The average molecular weight is 217 g/mol. The van der Waals surface area contributed by atoms with E-state index < -0.39 is 0 Å². The topological polar surface area (TPSA) is 37.8 Å². The Labute approximate surface area is 96.7 Å². The van der Waals surface area contributed by atoms with Crippen molar-refractivity contribution in [3.05, 3.63) is 23.8 Å². The summed E-state index contributed by atoms with van der Waals surface area (Å²) in [5.41, 5.74) is 1.22. The van der Waals surface area contributed by atoms with Crippen LogP contribution in [-0.4, -0.2) is 16.0 Å². The highest BCUT2D eigenvalue weighted by molar-refractivity contribution is 5.08. The Bertz CT molecular complexity index is 337. The van der Waals surface area contributed by atoms with Gasteiger partial charge in [0, 0.05) is 36.5 Å². The first-order valence-electron chi connectivity index (χ1n) is 6.46. The third-order valence-corrected chi connectivity index (χ3v) is 3.62. The van der Waals surface area contributed by atoms with Crippen molar-refractivity contribution in [2.45, 2.75) is 57.0 Å². The molecule has 1 N–H and O–H groups in total. The highest BCUT2D eigenvalue weighted by atomic mass is 15.0. The molecule has 0 atom stereocenters. The van der Waals surface area contributed by atoms with Crippen molar-refractivity contribution < 1.29 is 0 Å². The smallest absolute Gasteiger partial charge is 0.131 e. The molecule has 0 radical (unpaired) electrons. The fourth-order valence-corrected chi connectivity index (χ4v) is 2.40. The van der Waals surface area contributed by atoms with Crippen LogP contribution in [0.25, 0.3) is 0 Å². The molecule has 2 aliphatic carbocycles. The van der Waals surface area contributed by atoms with E-state index in [0.29, 0.717) is 5.92 Å². The summed E-state index contributed by atoms with van der Waals surface area (Å²) in [5, 5.41) is 3.48. The Morgan fingerprint density at radius 2 is 1.75 bits per heavy atom. The predicted octanol–water partition coefficient (Wildman–Crippen LogP) is 2.39. The summed E-state index contributed by atoms with van der Waals surface area (Å²) >= 11 is 0. The number of nitrogens with one attached hydrogen (secondary N) is 1. The van der Waals surface area contributed by atoms with Crippen LogP contribution >= 0.6 is 0 Å². The van der Waals surface area contributed by atoms with Gasteiger partial charge in [0.05, 0.1) is 0 Å². The lowest BCUT2D eigenvalue weighted by Crippen LogP contribution is -2.16. The molecule has 1 heterocycles. The molecule has 0 aliphatic heterocycles. The van der Waals surface area contributed by atoms with Crippen LogP contribution in [0.2, 0.25) is 0 Å². The van der Waals surface area contributed by atoms with Crippen LogP contribution in [0.15, 0.2) is 12.4 Å². The van der Waals surface area contributed by atoms with Crippen LogP contribution in [0.1, 0.15) is 55.8 Å². The van der Waals surface area contributed by atoms with Gasteiger partial charge in [0.15, 0.2) is 0 Å². The number of rotatable bonds is 4. The zero-order valence-electron chi connectivity index (χ0n) is 9.65. The van der Waals surface area contributed by atoms with Gasteiger partial charge >= 0.3 is 0 Å². The molecule has 2 aliphatic rings. The summed E-state index contributed by atoms with van der Waals surface area (Å²) in [5.74, 6) is 1.69. The molecule has 3 rings (SSSR count). The SMILES string of the molecule is c1nc(C2CCCC2)ncc1CNC1CC1. The maximum absolute atomic E-state index is 4.51. The van der Waals surface area contributed by atoms with E-state index in [2.05, 4.69) is 15.3 Å². The molecule has 16 heavy (non-hydrogen) atoms. The van der Waals surface area contributed by atoms with E-state index >= 15 is 0 Å². The monoisotopic (exact) mass is 217 g/mol. The zero-order chi connectivity index (χ0) is 10.8. The van der Waals surface area contributed by atoms with Crippen molar-refractivity contribution in [3.8, 4) is 0 Å². The lowest BCUT2D eigenvalue weighted by atomic mass is 10.1. The molecule has 3 heteroatoms. The standard InChI is InChI=1S/C13H19N3/c1-2-4-11(3-1)13-15-8-10(9-16-13)7-14-12-5-6-12/h8-9,11-12,14H,1-7H2. The summed E-state index contributed by atoms with van der Waals surface area (Å²) in [7, 11) is 0. The fraction of sp³-hybridized carbons (Fsp3) is 0.692. The summed E-state index contributed by atoms with van der Waals surface area (Å²) in [4.78, 5) is 9.02. The van der Waals surface area contributed by atoms with Crippen LogP contribution in [0.4, 0.5) is 0 Å². The number of hydrogen-bond acceptors (Lipinski definition) is 3. The van der Waals surface area contributed by atoms with Crippen molar-refractivity contribution in [1.29, 1.82) is 0 Å². The highest BCUT2D eigenvalue weighted by Crippen LogP contribution is 2.31. The van der Waals surface area contributed by atoms with E-state index in [1.54, 1.807) is 0 Å². The molecule has 3 nitrogen and oxygen atoms in total. The van der Waals surface area contributed by atoms with Gasteiger partial charge in [0.25, 0.3) is 0 Å². The molecule has 2 fully saturated rings. The van der Waals surface area contributed by atoms with E-state index in [0.717, 1.165) is 18.4 Å². The number of hydrogen-bond donors (Lipinski definition) is 1. The molecular weight excluding hydrogens is 198 g/mol. The Balaban J connectivity index is 1.59. The lowest BCUT2D eigenvalue weighted by Gasteiger charge is -2.08. The van der Waals surface area contributed by atoms with Crippen LogP contribution in [0.3, 0.4) is 0 Å². The molecule has 1 aromatic rings. The first-order chi connectivity index (χ1) is 7.92. The predicted molar refractivity (Wildman–Crippen MR) is 63.1 cm³/mol. The van der Waals surface area contributed by atoms with Gasteiger partial charge in [0.1, 0.15) is 5.82 Å². The van der Waals surface area contributed by atoms with Gasteiger partial charge in [0.2, 0.25) is 0 Å². The minimum Gasteiger partial charge on any atom is -0.310 e. The summed E-state index contributed by atoms with van der Waals surface area (Å²) < 4.78 is 0. The van der Waals surface area contributed by atoms with E-state index in [1.807, 2.05) is 12.4 Å². The van der Waals surface area contributed by atoms with Crippen molar-refractivity contribution in [1.82, 2.24) is 15.3 Å². The van der Waals surface area contributed by atoms with Gasteiger partial charge in [-0.1, -0.05) is 12.8 Å². The molecule has 0 aromatic carbocycles. The van der Waals surface area contributed by atoms with E-state index in [1.165, 1.54) is 44.1 Å². The number of nitrogens with zero attached hydrogens (tertiary/aromatic N) is 2. The first kappa shape index (κ1) is 10.2. The molecule has 0 spiro atoms. The molecule has 86 valence electrons. The van der Waals surface area contributed by atoms with E-state index in [4.69, 9.17) is 0 Å². The van der Waals surface area contributed by atoms with Crippen LogP contribution in [-0.2, 0) is 6.54 Å². The summed E-state index contributed by atoms with van der Waals surface area (Å²) in [6.07, 6.45) is 11.9. The van der Waals surface area contributed by atoms with Gasteiger partial charge in [-0.05, 0) is 25.7 Å². The molecular formula is C13H19N3. The lowest BCUT2D eigenvalue weighted by molar-refractivity contribution is 0.651. The van der Waals surface area contributed by atoms with Crippen molar-refractivity contribution >= 4 is 0 Å². The van der Waals surface area contributed by atoms with Crippen molar-refractivity contribution in [3.63, 3.8) is 0 Å². The maximum atomic E-state index is 4.51. The molecule has 0 saturated heterocycles. The molecule has 0 amide bonds. The normalized spacial score (nSPS) is 21.5. The first-order valence-corrected chi connectivity index (χ1v) is 6.46. The second kappa shape index (κ2) is 4.50. The Kier molecular flexibility index (Phi) is 2.87. The summed E-state index contributed by atoms with van der Waals surface area (Å²) in [6.45, 7) is 0.926. The van der Waals surface area contributed by atoms with Crippen LogP contribution < -0.4 is 5.32 Å². The minimum absolute atomic E-state index is 0.630. The molecule has 1 aromatic heterocycles.